The third-order valence-electron chi connectivity index (χ3n) is 5.49. The normalized spacial score (nSPS) is 12.7. The van der Waals surface area contributed by atoms with Crippen molar-refractivity contribution in [3.05, 3.63) is 83.7 Å². The lowest BCUT2D eigenvalue weighted by atomic mass is 9.85. The predicted molar refractivity (Wildman–Crippen MR) is 117 cm³/mol. The summed E-state index contributed by atoms with van der Waals surface area (Å²) in [5.41, 5.74) is 6.85. The summed E-state index contributed by atoms with van der Waals surface area (Å²) < 4.78 is 0. The number of nitrogens with zero attached hydrogens (tertiary/aromatic N) is 2. The number of hydrogen-bond acceptors (Lipinski definition) is 4. The van der Waals surface area contributed by atoms with Crippen LogP contribution in [0.15, 0.2) is 67.0 Å². The number of carbonyl (C=O) groups is 1. The van der Waals surface area contributed by atoms with E-state index in [-0.39, 0.29) is 11.2 Å². The van der Waals surface area contributed by atoms with Crippen LogP contribution in [0.5, 0.6) is 0 Å². The van der Waals surface area contributed by atoms with E-state index < -0.39 is 0 Å². The molecule has 1 aromatic heterocycles. The largest absolute Gasteiger partial charge is 0.355 e. The number of hydrogen-bond donors (Lipinski definition) is 1. The van der Waals surface area contributed by atoms with Gasteiger partial charge in [-0.15, -0.1) is 0 Å². The Kier molecular flexibility index (Phi) is 3.78. The van der Waals surface area contributed by atoms with E-state index in [1.54, 1.807) is 6.33 Å². The Balaban J connectivity index is 1.66. The van der Waals surface area contributed by atoms with Crippen molar-refractivity contribution in [3.63, 3.8) is 0 Å². The van der Waals surface area contributed by atoms with Gasteiger partial charge in [0, 0.05) is 22.2 Å². The van der Waals surface area contributed by atoms with Crippen LogP contribution in [-0.4, -0.2) is 15.8 Å². The van der Waals surface area contributed by atoms with Gasteiger partial charge >= 0.3 is 0 Å². The lowest BCUT2D eigenvalue weighted by Gasteiger charge is -2.22. The number of aromatic nitrogens is 2. The molecule has 29 heavy (non-hydrogen) atoms. The number of nitrogens with one attached hydrogen (secondary N) is 1. The van der Waals surface area contributed by atoms with Crippen LogP contribution < -0.4 is 5.32 Å². The average molecular weight is 379 g/mol. The Morgan fingerprint density at radius 3 is 2.28 bits per heavy atom. The molecule has 4 nitrogen and oxygen atoms in total. The molecule has 4 aromatic rings. The monoisotopic (exact) mass is 379 g/mol. The van der Waals surface area contributed by atoms with Crippen molar-refractivity contribution in [2.45, 2.75) is 26.2 Å². The summed E-state index contributed by atoms with van der Waals surface area (Å²) in [7, 11) is 0. The van der Waals surface area contributed by atoms with Crippen molar-refractivity contribution in [1.29, 1.82) is 0 Å². The van der Waals surface area contributed by atoms with Gasteiger partial charge in [0.1, 0.15) is 6.33 Å². The average Bonchev–Trinajstić information content (AvgIpc) is 2.72. The van der Waals surface area contributed by atoms with Crippen LogP contribution in [-0.2, 0) is 5.41 Å². The van der Waals surface area contributed by atoms with Crippen LogP contribution in [0.3, 0.4) is 0 Å². The molecule has 1 heterocycles. The molecule has 0 amide bonds. The highest BCUT2D eigenvalue weighted by molar-refractivity contribution is 6.27. The predicted octanol–water partition coefficient (Wildman–Crippen LogP) is 5.88. The van der Waals surface area contributed by atoms with Crippen molar-refractivity contribution < 1.29 is 4.79 Å². The molecule has 1 N–H and O–H groups in total. The van der Waals surface area contributed by atoms with E-state index in [1.807, 2.05) is 36.4 Å². The van der Waals surface area contributed by atoms with Crippen molar-refractivity contribution in [3.8, 4) is 11.3 Å². The van der Waals surface area contributed by atoms with Gasteiger partial charge in [-0.05, 0) is 35.2 Å². The van der Waals surface area contributed by atoms with Crippen LogP contribution in [0.2, 0.25) is 0 Å². The summed E-state index contributed by atoms with van der Waals surface area (Å²) in [6, 6.07) is 19.9. The first-order valence-corrected chi connectivity index (χ1v) is 9.73. The number of rotatable bonds is 2. The number of ketones is 1. The fourth-order valence-corrected chi connectivity index (χ4v) is 3.93. The summed E-state index contributed by atoms with van der Waals surface area (Å²) in [5, 5.41) is 4.25. The SMILES string of the molecule is CC(C)(C)c1ccc(Nc2ccc3ncnc4c3c2C(=O)c2ccccc2-4)cc1. The fourth-order valence-electron chi connectivity index (χ4n) is 3.93. The number of fused-ring (bicyclic) bond motifs is 2. The van der Waals surface area contributed by atoms with Crippen molar-refractivity contribution in [2.75, 3.05) is 5.32 Å². The van der Waals surface area contributed by atoms with Gasteiger partial charge in [0.2, 0.25) is 0 Å². The highest BCUT2D eigenvalue weighted by Gasteiger charge is 2.28. The maximum absolute atomic E-state index is 13.4. The molecular weight excluding hydrogens is 358 g/mol. The first-order chi connectivity index (χ1) is 13.9. The maximum atomic E-state index is 13.4. The minimum absolute atomic E-state index is 0.00214. The molecule has 0 spiro atoms. The summed E-state index contributed by atoms with van der Waals surface area (Å²) >= 11 is 0. The van der Waals surface area contributed by atoms with E-state index in [9.17, 15) is 4.79 Å². The Morgan fingerprint density at radius 1 is 0.828 bits per heavy atom. The first-order valence-electron chi connectivity index (χ1n) is 9.73. The Hall–Kier alpha value is -3.53. The molecule has 0 fully saturated rings. The molecule has 1 aliphatic carbocycles. The van der Waals surface area contributed by atoms with Crippen LogP contribution in [0.1, 0.15) is 42.3 Å². The van der Waals surface area contributed by atoms with Gasteiger partial charge in [0.25, 0.3) is 0 Å². The Labute approximate surface area is 169 Å². The number of anilines is 2. The van der Waals surface area contributed by atoms with E-state index in [4.69, 9.17) is 0 Å². The molecule has 142 valence electrons. The lowest BCUT2D eigenvalue weighted by molar-refractivity contribution is 0.104. The first kappa shape index (κ1) is 17.6. The van der Waals surface area contributed by atoms with Gasteiger partial charge in [0.05, 0.1) is 22.5 Å². The maximum Gasteiger partial charge on any atom is 0.196 e. The molecule has 0 saturated carbocycles. The lowest BCUT2D eigenvalue weighted by Crippen LogP contribution is -2.14. The van der Waals surface area contributed by atoms with Crippen LogP contribution in [0, 0.1) is 0 Å². The molecule has 0 unspecified atom stereocenters. The molecule has 0 saturated heterocycles. The molecule has 3 aromatic carbocycles. The van der Waals surface area contributed by atoms with Gasteiger partial charge in [-0.3, -0.25) is 4.79 Å². The Bertz CT molecular complexity index is 1270. The summed E-state index contributed by atoms with van der Waals surface area (Å²) in [4.78, 5) is 22.3. The highest BCUT2D eigenvalue weighted by Crippen LogP contribution is 2.41. The molecule has 0 bridgehead atoms. The summed E-state index contributed by atoms with van der Waals surface area (Å²) in [6.45, 7) is 6.58. The minimum atomic E-state index is 0.00214. The summed E-state index contributed by atoms with van der Waals surface area (Å²) in [5.74, 6) is 0.00214. The third-order valence-corrected chi connectivity index (χ3v) is 5.49. The van der Waals surface area contributed by atoms with Gasteiger partial charge < -0.3 is 5.32 Å². The zero-order valence-electron chi connectivity index (χ0n) is 16.7. The van der Waals surface area contributed by atoms with Crippen LogP contribution in [0.4, 0.5) is 11.4 Å². The summed E-state index contributed by atoms with van der Waals surface area (Å²) in [6.07, 6.45) is 1.56. The van der Waals surface area contributed by atoms with E-state index in [1.165, 1.54) is 5.56 Å². The van der Waals surface area contributed by atoms with Crippen LogP contribution >= 0.6 is 0 Å². The molecule has 0 aliphatic heterocycles. The van der Waals surface area contributed by atoms with Crippen molar-refractivity contribution >= 4 is 28.1 Å². The van der Waals surface area contributed by atoms with Crippen LogP contribution in [0.25, 0.3) is 22.2 Å². The molecule has 0 atom stereocenters. The van der Waals surface area contributed by atoms with Gasteiger partial charge in [-0.1, -0.05) is 57.2 Å². The quantitative estimate of drug-likeness (QED) is 0.416. The topological polar surface area (TPSA) is 54.9 Å². The molecule has 0 radical (unpaired) electrons. The molecular formula is C25H21N3O. The second-order valence-corrected chi connectivity index (χ2v) is 8.43. The second-order valence-electron chi connectivity index (χ2n) is 8.43. The van der Waals surface area contributed by atoms with E-state index in [0.29, 0.717) is 11.1 Å². The second kappa shape index (κ2) is 6.24. The molecule has 1 aliphatic rings. The third kappa shape index (κ3) is 2.80. The fraction of sp³-hybridized carbons (Fsp3) is 0.160. The standard InChI is InChI=1S/C25H21N3O/c1-25(2,3)15-8-10-16(11-9-15)28-20-13-12-19-21-22(20)24(29)18-7-5-4-6-17(18)23(21)27-14-26-19/h4-14,28H,1-3H3. The number of benzene rings is 3. The number of carbonyl (C=O) groups excluding carboxylic acids is 1. The minimum Gasteiger partial charge on any atom is -0.355 e. The van der Waals surface area contributed by atoms with E-state index in [0.717, 1.165) is 33.5 Å². The van der Waals surface area contributed by atoms with Crippen molar-refractivity contribution in [2.24, 2.45) is 0 Å². The van der Waals surface area contributed by atoms with E-state index in [2.05, 4.69) is 60.3 Å². The molecule has 5 rings (SSSR count). The Morgan fingerprint density at radius 2 is 1.55 bits per heavy atom. The smallest absolute Gasteiger partial charge is 0.196 e. The zero-order valence-corrected chi connectivity index (χ0v) is 16.7. The van der Waals surface area contributed by atoms with Crippen molar-refractivity contribution in [1.82, 2.24) is 9.97 Å². The molecule has 4 heteroatoms. The van der Waals surface area contributed by atoms with Gasteiger partial charge in [-0.2, -0.15) is 0 Å². The zero-order chi connectivity index (χ0) is 20.2. The van der Waals surface area contributed by atoms with Gasteiger partial charge in [0.15, 0.2) is 5.78 Å². The van der Waals surface area contributed by atoms with Gasteiger partial charge in [-0.25, -0.2) is 9.97 Å². The van der Waals surface area contributed by atoms with E-state index >= 15 is 0 Å². The highest BCUT2D eigenvalue weighted by atomic mass is 16.1.